The first-order chi connectivity index (χ1) is 10.6. The summed E-state index contributed by atoms with van der Waals surface area (Å²) in [4.78, 5) is 23.4. The second-order valence-corrected chi connectivity index (χ2v) is 5.55. The number of carbonyl (C=O) groups is 2. The lowest BCUT2D eigenvalue weighted by molar-refractivity contribution is -0.645. The topological polar surface area (TPSA) is 73.1 Å². The molecule has 0 radical (unpaired) electrons. The average Bonchev–Trinajstić information content (AvgIpc) is 2.54. The van der Waals surface area contributed by atoms with Crippen LogP contribution in [-0.2, 0) is 4.79 Å². The van der Waals surface area contributed by atoms with Crippen LogP contribution in [0.25, 0.3) is 0 Å². The molecule has 2 aromatic rings. The number of hydrogen-bond acceptors (Lipinski definition) is 4. The van der Waals surface area contributed by atoms with Gasteiger partial charge in [0, 0.05) is 29.8 Å². The minimum Gasteiger partial charge on any atom is -0.618 e. The van der Waals surface area contributed by atoms with Crippen LogP contribution in [0.1, 0.15) is 23.7 Å². The lowest BCUT2D eigenvalue weighted by Crippen LogP contribution is -2.28. The second kappa shape index (κ2) is 7.61. The molecule has 1 aromatic heterocycles. The number of thioether (sulfide) groups is 1. The fourth-order valence-electron chi connectivity index (χ4n) is 1.74. The van der Waals surface area contributed by atoms with Gasteiger partial charge in [0.1, 0.15) is 0 Å². The molecule has 1 N–H and O–H groups in total. The minimum absolute atomic E-state index is 0.0674. The van der Waals surface area contributed by atoms with E-state index in [2.05, 4.69) is 5.32 Å². The highest BCUT2D eigenvalue weighted by molar-refractivity contribution is 7.99. The highest BCUT2D eigenvalue weighted by Crippen LogP contribution is 2.16. The fourth-order valence-corrected chi connectivity index (χ4v) is 2.54. The van der Waals surface area contributed by atoms with Gasteiger partial charge in [-0.05, 0) is 42.1 Å². The monoisotopic (exact) mass is 316 g/mol. The lowest BCUT2D eigenvalue weighted by atomic mass is 10.1. The van der Waals surface area contributed by atoms with Crippen molar-refractivity contribution in [2.75, 3.05) is 11.1 Å². The normalized spacial score (nSPS) is 10.2. The Kier molecular flexibility index (Phi) is 5.55. The van der Waals surface area contributed by atoms with Gasteiger partial charge in [0.15, 0.2) is 12.0 Å². The number of anilines is 1. The molecule has 0 bridgehead atoms. The zero-order valence-electron chi connectivity index (χ0n) is 12.1. The molecule has 0 saturated carbocycles. The van der Waals surface area contributed by atoms with Gasteiger partial charge in [-0.2, -0.15) is 4.73 Å². The highest BCUT2D eigenvalue weighted by Gasteiger charge is 2.11. The first kappa shape index (κ1) is 16.0. The Morgan fingerprint density at radius 2 is 1.91 bits per heavy atom. The van der Waals surface area contributed by atoms with Crippen LogP contribution in [-0.4, -0.2) is 17.4 Å². The first-order valence-corrected chi connectivity index (χ1v) is 7.83. The van der Waals surface area contributed by atoms with Gasteiger partial charge >= 0.3 is 0 Å². The number of Topliss-reactive ketones (excluding diaryl/α,β-unsaturated/α-hetero) is 1. The number of aromatic nitrogens is 1. The summed E-state index contributed by atoms with van der Waals surface area (Å²) in [6, 6.07) is 11.8. The van der Waals surface area contributed by atoms with Crippen molar-refractivity contribution < 1.29 is 14.3 Å². The zero-order valence-corrected chi connectivity index (χ0v) is 12.9. The van der Waals surface area contributed by atoms with Gasteiger partial charge in [0.05, 0.1) is 5.75 Å². The number of benzene rings is 1. The maximum atomic E-state index is 12.1. The van der Waals surface area contributed by atoms with Gasteiger partial charge in [-0.15, -0.1) is 0 Å². The van der Waals surface area contributed by atoms with Crippen LogP contribution in [0.2, 0.25) is 0 Å². The van der Waals surface area contributed by atoms with E-state index in [-0.39, 0.29) is 17.4 Å². The molecule has 22 heavy (non-hydrogen) atoms. The standard InChI is InChI=1S/C16H16N2O3S/c1-2-15(20)17-13-8-6-12(7-9-13)14(19)11-22-16-5-3-4-10-18(16)21/h3-10H,2,11H2,1H3,(H,17,20). The Morgan fingerprint density at radius 1 is 1.18 bits per heavy atom. The van der Waals surface area contributed by atoms with E-state index in [0.29, 0.717) is 22.7 Å². The molecule has 1 amide bonds. The van der Waals surface area contributed by atoms with Gasteiger partial charge < -0.3 is 10.5 Å². The summed E-state index contributed by atoms with van der Waals surface area (Å²) in [5.41, 5.74) is 1.21. The Morgan fingerprint density at radius 3 is 2.55 bits per heavy atom. The summed E-state index contributed by atoms with van der Waals surface area (Å²) in [6.07, 6.45) is 1.81. The predicted octanol–water partition coefficient (Wildman–Crippen LogP) is 2.64. The summed E-state index contributed by atoms with van der Waals surface area (Å²) >= 11 is 1.20. The van der Waals surface area contributed by atoms with Crippen LogP contribution in [0.5, 0.6) is 0 Å². The third-order valence-corrected chi connectivity index (χ3v) is 3.97. The van der Waals surface area contributed by atoms with Crippen molar-refractivity contribution in [2.45, 2.75) is 18.4 Å². The van der Waals surface area contributed by atoms with E-state index >= 15 is 0 Å². The van der Waals surface area contributed by atoms with Crippen molar-refractivity contribution in [1.29, 1.82) is 0 Å². The molecule has 0 aliphatic rings. The van der Waals surface area contributed by atoms with E-state index in [4.69, 9.17) is 0 Å². The second-order valence-electron chi connectivity index (χ2n) is 4.56. The van der Waals surface area contributed by atoms with Crippen molar-refractivity contribution in [1.82, 2.24) is 0 Å². The molecule has 5 nitrogen and oxygen atoms in total. The maximum Gasteiger partial charge on any atom is 0.251 e. The van der Waals surface area contributed by atoms with E-state index in [1.54, 1.807) is 49.4 Å². The van der Waals surface area contributed by atoms with Crippen LogP contribution in [0, 0.1) is 5.21 Å². The molecule has 0 atom stereocenters. The molecular weight excluding hydrogens is 300 g/mol. The van der Waals surface area contributed by atoms with E-state index in [9.17, 15) is 14.8 Å². The Bertz CT molecular complexity index is 671. The molecule has 0 aliphatic carbocycles. The number of carbonyl (C=O) groups excluding carboxylic acids is 2. The molecule has 0 fully saturated rings. The van der Waals surface area contributed by atoms with Gasteiger partial charge in [0.25, 0.3) is 5.03 Å². The number of nitrogens with one attached hydrogen (secondary N) is 1. The zero-order chi connectivity index (χ0) is 15.9. The smallest absolute Gasteiger partial charge is 0.251 e. The van der Waals surface area contributed by atoms with Crippen molar-refractivity contribution in [2.24, 2.45) is 0 Å². The van der Waals surface area contributed by atoms with Gasteiger partial charge in [-0.25, -0.2) is 0 Å². The Balaban J connectivity index is 1.95. The number of pyridine rings is 1. The summed E-state index contributed by atoms with van der Waals surface area (Å²) in [5, 5.41) is 14.7. The Hall–Kier alpha value is -2.34. The fraction of sp³-hybridized carbons (Fsp3) is 0.188. The van der Waals surface area contributed by atoms with Crippen LogP contribution in [0.4, 0.5) is 5.69 Å². The number of amides is 1. The van der Waals surface area contributed by atoms with Gasteiger partial charge in [0.2, 0.25) is 5.91 Å². The molecule has 114 valence electrons. The molecule has 1 heterocycles. The van der Waals surface area contributed by atoms with Gasteiger partial charge in [-0.1, -0.05) is 6.92 Å². The molecule has 0 spiro atoms. The first-order valence-electron chi connectivity index (χ1n) is 6.84. The third-order valence-electron chi connectivity index (χ3n) is 2.95. The third kappa shape index (κ3) is 4.33. The number of hydrogen-bond donors (Lipinski definition) is 1. The van der Waals surface area contributed by atoms with Crippen LogP contribution >= 0.6 is 11.8 Å². The highest BCUT2D eigenvalue weighted by atomic mass is 32.2. The molecule has 0 unspecified atom stereocenters. The van der Waals surface area contributed by atoms with Crippen LogP contribution in [0.3, 0.4) is 0 Å². The quantitative estimate of drug-likeness (QED) is 0.385. The number of ketones is 1. The summed E-state index contributed by atoms with van der Waals surface area (Å²) < 4.78 is 0.737. The molecule has 6 heteroatoms. The van der Waals surface area contributed by atoms with Crippen LogP contribution < -0.4 is 10.0 Å². The summed E-state index contributed by atoms with van der Waals surface area (Å²) in [7, 11) is 0. The molecule has 0 aliphatic heterocycles. The number of rotatable bonds is 6. The molecule has 1 aromatic carbocycles. The average molecular weight is 316 g/mol. The van der Waals surface area contributed by atoms with Crippen molar-refractivity contribution >= 4 is 29.1 Å². The predicted molar refractivity (Wildman–Crippen MR) is 85.8 cm³/mol. The summed E-state index contributed by atoms with van der Waals surface area (Å²) in [6.45, 7) is 1.77. The lowest BCUT2D eigenvalue weighted by Gasteiger charge is -2.05. The maximum absolute atomic E-state index is 12.1. The van der Waals surface area contributed by atoms with Crippen molar-refractivity contribution in [3.8, 4) is 0 Å². The van der Waals surface area contributed by atoms with Crippen molar-refractivity contribution in [3.63, 3.8) is 0 Å². The molecule has 0 saturated heterocycles. The SMILES string of the molecule is CCC(=O)Nc1ccc(C(=O)CSc2cccc[n+]2[O-])cc1. The van der Waals surface area contributed by atoms with Gasteiger partial charge in [-0.3, -0.25) is 9.59 Å². The van der Waals surface area contributed by atoms with E-state index in [0.717, 1.165) is 4.73 Å². The minimum atomic E-state index is -0.0706. The summed E-state index contributed by atoms with van der Waals surface area (Å²) in [5.74, 6) is 0.0494. The largest absolute Gasteiger partial charge is 0.618 e. The van der Waals surface area contributed by atoms with Crippen LogP contribution in [0.15, 0.2) is 53.7 Å². The molecule has 2 rings (SSSR count). The van der Waals surface area contributed by atoms with E-state index in [1.807, 2.05) is 0 Å². The van der Waals surface area contributed by atoms with E-state index < -0.39 is 0 Å². The number of nitrogens with zero attached hydrogens (tertiary/aromatic N) is 1. The van der Waals surface area contributed by atoms with E-state index in [1.165, 1.54) is 18.0 Å². The van der Waals surface area contributed by atoms with Crippen molar-refractivity contribution in [3.05, 3.63) is 59.4 Å². The molecular formula is C16H16N2O3S. The Labute approximate surface area is 132 Å².